The van der Waals surface area contributed by atoms with E-state index >= 15 is 0 Å². The van der Waals surface area contributed by atoms with E-state index in [1.54, 1.807) is 4.90 Å². The van der Waals surface area contributed by atoms with Crippen LogP contribution in [0.4, 0.5) is 0 Å². The second kappa shape index (κ2) is 7.50. The minimum atomic E-state index is -0.501. The summed E-state index contributed by atoms with van der Waals surface area (Å²) in [5, 5.41) is 0. The van der Waals surface area contributed by atoms with Crippen LogP contribution in [0.15, 0.2) is 12.3 Å². The van der Waals surface area contributed by atoms with Crippen LogP contribution in [0.25, 0.3) is 0 Å². The van der Waals surface area contributed by atoms with Crippen molar-refractivity contribution in [1.82, 2.24) is 4.90 Å². The fourth-order valence-electron chi connectivity index (χ4n) is 1.52. The van der Waals surface area contributed by atoms with Crippen LogP contribution in [0.3, 0.4) is 0 Å². The van der Waals surface area contributed by atoms with E-state index in [2.05, 4.69) is 16.6 Å². The largest absolute Gasteiger partial charge is 0.459 e. The average Bonchev–Trinajstić information content (AvgIpc) is 2.35. The molecule has 1 aliphatic heterocycles. The SMILES string of the molecule is COC(=O)C#CCCCCN1C=CCCC1=O. The fraction of sp³-hybridized carbons (Fsp3) is 0.538. The Morgan fingerprint density at radius 1 is 1.53 bits per heavy atom. The van der Waals surface area contributed by atoms with E-state index in [-0.39, 0.29) is 5.91 Å². The summed E-state index contributed by atoms with van der Waals surface area (Å²) in [4.78, 5) is 23.9. The van der Waals surface area contributed by atoms with Gasteiger partial charge in [-0.1, -0.05) is 12.0 Å². The molecule has 1 amide bonds. The molecule has 0 saturated carbocycles. The Labute approximate surface area is 102 Å². The van der Waals surface area contributed by atoms with Crippen LogP contribution < -0.4 is 0 Å². The van der Waals surface area contributed by atoms with Gasteiger partial charge in [0.05, 0.1) is 7.11 Å². The summed E-state index contributed by atoms with van der Waals surface area (Å²) in [6.07, 6.45) is 7.75. The van der Waals surface area contributed by atoms with Crippen molar-refractivity contribution in [3.8, 4) is 11.8 Å². The molecule has 4 heteroatoms. The molecule has 0 bridgehead atoms. The van der Waals surface area contributed by atoms with Crippen LogP contribution in [0, 0.1) is 11.8 Å². The van der Waals surface area contributed by atoms with Gasteiger partial charge in [0.2, 0.25) is 5.91 Å². The first kappa shape index (κ1) is 13.3. The summed E-state index contributed by atoms with van der Waals surface area (Å²) in [5.41, 5.74) is 0. The zero-order chi connectivity index (χ0) is 12.5. The van der Waals surface area contributed by atoms with Crippen molar-refractivity contribution in [3.05, 3.63) is 12.3 Å². The lowest BCUT2D eigenvalue weighted by Crippen LogP contribution is -2.28. The van der Waals surface area contributed by atoms with Crippen LogP contribution in [-0.4, -0.2) is 30.4 Å². The van der Waals surface area contributed by atoms with Gasteiger partial charge >= 0.3 is 5.97 Å². The number of amides is 1. The Bertz CT molecular complexity index is 363. The Morgan fingerprint density at radius 3 is 3.06 bits per heavy atom. The lowest BCUT2D eigenvalue weighted by atomic mass is 10.2. The Balaban J connectivity index is 2.13. The highest BCUT2D eigenvalue weighted by Gasteiger charge is 2.12. The maximum atomic E-state index is 11.4. The van der Waals surface area contributed by atoms with Crippen molar-refractivity contribution in [3.63, 3.8) is 0 Å². The fourth-order valence-corrected chi connectivity index (χ4v) is 1.52. The number of rotatable bonds is 4. The van der Waals surface area contributed by atoms with Crippen molar-refractivity contribution in [1.29, 1.82) is 0 Å². The number of carbonyl (C=O) groups is 2. The van der Waals surface area contributed by atoms with E-state index in [1.165, 1.54) is 7.11 Å². The summed E-state index contributed by atoms with van der Waals surface area (Å²) >= 11 is 0. The Kier molecular flexibility index (Phi) is 5.87. The molecule has 0 aromatic rings. The van der Waals surface area contributed by atoms with Gasteiger partial charge in [0.1, 0.15) is 0 Å². The molecule has 0 unspecified atom stereocenters. The number of allylic oxidation sites excluding steroid dienone is 1. The van der Waals surface area contributed by atoms with Crippen molar-refractivity contribution in [2.24, 2.45) is 0 Å². The number of hydrogen-bond donors (Lipinski definition) is 0. The third-order valence-electron chi connectivity index (χ3n) is 2.46. The predicted octanol–water partition coefficient (Wildman–Crippen LogP) is 1.47. The first-order valence-corrected chi connectivity index (χ1v) is 5.77. The summed E-state index contributed by atoms with van der Waals surface area (Å²) in [6.45, 7) is 0.731. The lowest BCUT2D eigenvalue weighted by Gasteiger charge is -2.20. The number of ether oxygens (including phenoxy) is 1. The molecule has 92 valence electrons. The number of unbranched alkanes of at least 4 members (excludes halogenated alkanes) is 2. The molecule has 0 saturated heterocycles. The van der Waals surface area contributed by atoms with Crippen molar-refractivity contribution < 1.29 is 14.3 Å². The zero-order valence-electron chi connectivity index (χ0n) is 10.1. The normalized spacial score (nSPS) is 14.2. The third kappa shape index (κ3) is 5.21. The molecular formula is C13H17NO3. The van der Waals surface area contributed by atoms with Crippen molar-refractivity contribution >= 4 is 11.9 Å². The molecule has 0 atom stereocenters. The summed E-state index contributed by atoms with van der Waals surface area (Å²) < 4.78 is 4.39. The van der Waals surface area contributed by atoms with Gasteiger partial charge in [-0.15, -0.1) is 0 Å². The van der Waals surface area contributed by atoms with Crippen LogP contribution in [0.2, 0.25) is 0 Å². The predicted molar refractivity (Wildman–Crippen MR) is 63.7 cm³/mol. The van der Waals surface area contributed by atoms with Gasteiger partial charge in [-0.2, -0.15) is 0 Å². The van der Waals surface area contributed by atoms with Crippen LogP contribution in [-0.2, 0) is 14.3 Å². The average molecular weight is 235 g/mol. The van der Waals surface area contributed by atoms with Gasteiger partial charge in [-0.3, -0.25) is 4.79 Å². The summed E-state index contributed by atoms with van der Waals surface area (Å²) in [6, 6.07) is 0. The van der Waals surface area contributed by atoms with Gasteiger partial charge in [0, 0.05) is 31.5 Å². The Morgan fingerprint density at radius 2 is 2.35 bits per heavy atom. The minimum absolute atomic E-state index is 0.188. The topological polar surface area (TPSA) is 46.6 Å². The van der Waals surface area contributed by atoms with Gasteiger partial charge in [-0.05, 0) is 19.3 Å². The second-order valence-electron chi connectivity index (χ2n) is 3.76. The number of nitrogens with zero attached hydrogens (tertiary/aromatic N) is 1. The quantitative estimate of drug-likeness (QED) is 0.321. The van der Waals surface area contributed by atoms with E-state index in [0.29, 0.717) is 12.8 Å². The Hall–Kier alpha value is -1.76. The number of esters is 1. The smallest absolute Gasteiger partial charge is 0.384 e. The molecule has 0 aromatic carbocycles. The van der Waals surface area contributed by atoms with Gasteiger partial charge in [0.25, 0.3) is 0 Å². The lowest BCUT2D eigenvalue weighted by molar-refractivity contribution is -0.133. The number of hydrogen-bond acceptors (Lipinski definition) is 3. The molecule has 17 heavy (non-hydrogen) atoms. The molecule has 1 heterocycles. The number of carbonyl (C=O) groups excluding carboxylic acids is 2. The highest BCUT2D eigenvalue weighted by atomic mass is 16.5. The van der Waals surface area contributed by atoms with Gasteiger partial charge in [-0.25, -0.2) is 4.79 Å². The molecule has 1 aliphatic rings. The zero-order valence-corrected chi connectivity index (χ0v) is 10.1. The molecule has 1 rings (SSSR count). The van der Waals surface area contributed by atoms with Crippen LogP contribution >= 0.6 is 0 Å². The summed E-state index contributed by atoms with van der Waals surface area (Å²) in [5.74, 6) is 4.80. The van der Waals surface area contributed by atoms with E-state index in [0.717, 1.165) is 25.8 Å². The number of methoxy groups -OCH3 is 1. The van der Waals surface area contributed by atoms with Crippen molar-refractivity contribution in [2.45, 2.75) is 32.1 Å². The molecule has 0 radical (unpaired) electrons. The molecule has 0 aliphatic carbocycles. The first-order chi connectivity index (χ1) is 8.24. The maximum Gasteiger partial charge on any atom is 0.384 e. The molecule has 0 aromatic heterocycles. The maximum absolute atomic E-state index is 11.4. The van der Waals surface area contributed by atoms with E-state index in [4.69, 9.17) is 0 Å². The van der Waals surface area contributed by atoms with Crippen molar-refractivity contribution in [2.75, 3.05) is 13.7 Å². The van der Waals surface area contributed by atoms with E-state index in [1.807, 2.05) is 12.3 Å². The van der Waals surface area contributed by atoms with E-state index < -0.39 is 5.97 Å². The van der Waals surface area contributed by atoms with Crippen LogP contribution in [0.1, 0.15) is 32.1 Å². The van der Waals surface area contributed by atoms with Crippen LogP contribution in [0.5, 0.6) is 0 Å². The first-order valence-electron chi connectivity index (χ1n) is 5.77. The molecule has 0 fully saturated rings. The standard InChI is InChI=1S/C13H17NO3/c1-17-13(16)9-4-2-3-6-10-14-11-7-5-8-12(14)15/h7,11H,2-3,5-6,8,10H2,1H3. The summed E-state index contributed by atoms with van der Waals surface area (Å²) in [7, 11) is 1.31. The highest BCUT2D eigenvalue weighted by Crippen LogP contribution is 2.09. The molecule has 0 N–H and O–H groups in total. The minimum Gasteiger partial charge on any atom is -0.459 e. The second-order valence-corrected chi connectivity index (χ2v) is 3.76. The van der Waals surface area contributed by atoms with Gasteiger partial charge < -0.3 is 9.64 Å². The van der Waals surface area contributed by atoms with E-state index in [9.17, 15) is 9.59 Å². The molecular weight excluding hydrogens is 218 g/mol. The monoisotopic (exact) mass is 235 g/mol. The highest BCUT2D eigenvalue weighted by molar-refractivity contribution is 5.88. The molecule has 4 nitrogen and oxygen atoms in total. The molecule has 0 spiro atoms. The van der Waals surface area contributed by atoms with Gasteiger partial charge in [0.15, 0.2) is 0 Å². The third-order valence-corrected chi connectivity index (χ3v) is 2.46.